The minimum absolute atomic E-state index is 0.0216. The first-order valence-corrected chi connectivity index (χ1v) is 12.9. The Morgan fingerprint density at radius 2 is 1.91 bits per heavy atom. The zero-order valence-electron chi connectivity index (χ0n) is 20.5. The number of nitrogens with one attached hydrogen (secondary N) is 1. The second kappa shape index (κ2) is 10.1. The van der Waals surface area contributed by atoms with Gasteiger partial charge >= 0.3 is 0 Å². The molecule has 2 aromatic rings. The number of nitrogens with zero attached hydrogens (tertiary/aromatic N) is 2. The molecule has 1 spiro atoms. The average Bonchev–Trinajstić information content (AvgIpc) is 3.24. The van der Waals surface area contributed by atoms with Crippen molar-refractivity contribution in [3.8, 4) is 0 Å². The summed E-state index contributed by atoms with van der Waals surface area (Å²) in [6, 6.07) is 13.5. The number of carbonyl (C=O) groups is 1. The van der Waals surface area contributed by atoms with Gasteiger partial charge in [0.05, 0.1) is 6.10 Å². The number of amides is 1. The fraction of sp³-hybridized carbons (Fsp3) is 0.483. The van der Waals surface area contributed by atoms with E-state index in [0.717, 1.165) is 50.9 Å². The van der Waals surface area contributed by atoms with Gasteiger partial charge in [0.2, 0.25) is 5.91 Å². The largest absolute Gasteiger partial charge is 0.392 e. The Balaban J connectivity index is 1.07. The normalized spacial score (nSPS) is 21.3. The third-order valence-corrected chi connectivity index (χ3v) is 8.37. The Hall–Kier alpha value is -2.70. The molecule has 5 nitrogen and oxygen atoms in total. The van der Waals surface area contributed by atoms with Gasteiger partial charge in [0, 0.05) is 43.4 Å². The fourth-order valence-electron chi connectivity index (χ4n) is 6.03. The first-order valence-electron chi connectivity index (χ1n) is 12.9. The molecular weight excluding hydrogens is 441 g/mol. The van der Waals surface area contributed by atoms with Crippen LogP contribution in [-0.4, -0.2) is 66.2 Å². The summed E-state index contributed by atoms with van der Waals surface area (Å²) in [5.74, 6) is -0.0294. The molecular formula is C29H36FN3O2. The highest BCUT2D eigenvalue weighted by Gasteiger charge is 2.41. The molecule has 1 atom stereocenters. The van der Waals surface area contributed by atoms with E-state index in [1.54, 1.807) is 31.2 Å². The van der Waals surface area contributed by atoms with E-state index in [1.165, 1.54) is 17.3 Å². The number of rotatable bonds is 5. The Bertz CT molecular complexity index is 1090. The molecule has 2 fully saturated rings. The number of benzene rings is 2. The van der Waals surface area contributed by atoms with E-state index in [-0.39, 0.29) is 29.2 Å². The van der Waals surface area contributed by atoms with Crippen LogP contribution in [0.15, 0.2) is 48.5 Å². The predicted octanol–water partition coefficient (Wildman–Crippen LogP) is 4.21. The van der Waals surface area contributed by atoms with Crippen LogP contribution in [0.2, 0.25) is 0 Å². The Kier molecular flexibility index (Phi) is 6.94. The number of para-hydroxylation sites is 1. The summed E-state index contributed by atoms with van der Waals surface area (Å²) in [6.07, 6.45) is 6.86. The van der Waals surface area contributed by atoms with Gasteiger partial charge < -0.3 is 20.2 Å². The van der Waals surface area contributed by atoms with Crippen LogP contribution in [0.25, 0.3) is 6.08 Å². The second-order valence-corrected chi connectivity index (χ2v) is 10.6. The number of hydrogen-bond donors (Lipinski definition) is 2. The van der Waals surface area contributed by atoms with Crippen LogP contribution in [0.3, 0.4) is 0 Å². The minimum Gasteiger partial charge on any atom is -0.392 e. The molecule has 1 amide bonds. The summed E-state index contributed by atoms with van der Waals surface area (Å²) in [7, 11) is 0. The quantitative estimate of drug-likeness (QED) is 0.634. The number of likely N-dealkylation sites (tertiary alicyclic amines) is 2. The summed E-state index contributed by atoms with van der Waals surface area (Å²) in [5.41, 5.74) is 4.38. The van der Waals surface area contributed by atoms with Crippen molar-refractivity contribution in [1.82, 2.24) is 9.80 Å². The lowest BCUT2D eigenvalue weighted by atomic mass is 9.74. The maximum Gasteiger partial charge on any atom is 0.246 e. The molecule has 0 bridgehead atoms. The van der Waals surface area contributed by atoms with Crippen LogP contribution in [0.5, 0.6) is 0 Å². The predicted molar refractivity (Wildman–Crippen MR) is 138 cm³/mol. The Labute approximate surface area is 207 Å². The molecule has 3 heterocycles. The Morgan fingerprint density at radius 3 is 2.66 bits per heavy atom. The van der Waals surface area contributed by atoms with E-state index >= 15 is 0 Å². The second-order valence-electron chi connectivity index (χ2n) is 10.6. The zero-order valence-corrected chi connectivity index (χ0v) is 20.5. The molecule has 1 unspecified atom stereocenters. The van der Waals surface area contributed by atoms with Gasteiger partial charge in [-0.15, -0.1) is 0 Å². The van der Waals surface area contributed by atoms with E-state index in [0.29, 0.717) is 25.2 Å². The highest BCUT2D eigenvalue weighted by Crippen LogP contribution is 2.43. The van der Waals surface area contributed by atoms with Gasteiger partial charge in [0.25, 0.3) is 0 Å². The number of aliphatic hydroxyl groups is 1. The highest BCUT2D eigenvalue weighted by molar-refractivity contribution is 5.91. The molecule has 3 aliphatic heterocycles. The lowest BCUT2D eigenvalue weighted by molar-refractivity contribution is -0.128. The van der Waals surface area contributed by atoms with Crippen molar-refractivity contribution in [2.45, 2.75) is 44.1 Å². The molecule has 6 heteroatoms. The number of aliphatic hydroxyl groups excluding tert-OH is 1. The van der Waals surface area contributed by atoms with Crippen molar-refractivity contribution in [3.05, 3.63) is 71.0 Å². The first-order chi connectivity index (χ1) is 16.9. The molecule has 0 saturated carbocycles. The molecule has 2 N–H and O–H groups in total. The lowest BCUT2D eigenvalue weighted by Crippen LogP contribution is -2.48. The minimum atomic E-state index is -0.354. The summed E-state index contributed by atoms with van der Waals surface area (Å²) < 4.78 is 13.4. The number of carbonyl (C=O) groups excluding carboxylic acids is 1. The number of β-amino-alcohol motifs (C(OH)–C–C–N with tert-alkyl or cyclic N) is 1. The van der Waals surface area contributed by atoms with Gasteiger partial charge in [-0.05, 0) is 92.6 Å². The number of aryl methyl sites for hydroxylation is 1. The monoisotopic (exact) mass is 477 g/mol. The van der Waals surface area contributed by atoms with E-state index in [4.69, 9.17) is 0 Å². The lowest BCUT2D eigenvalue weighted by Gasteiger charge is -2.41. The number of hydrogen-bond acceptors (Lipinski definition) is 4. The maximum absolute atomic E-state index is 13.4. The van der Waals surface area contributed by atoms with Crippen molar-refractivity contribution in [1.29, 1.82) is 0 Å². The SMILES string of the molecule is Cc1cc(C=CC(=O)N2CCC(C(O)CN3CCC4(CC3)CNc3ccccc34)CC2)ccc1F. The van der Waals surface area contributed by atoms with E-state index < -0.39 is 0 Å². The van der Waals surface area contributed by atoms with Crippen LogP contribution >= 0.6 is 0 Å². The smallest absolute Gasteiger partial charge is 0.246 e. The maximum atomic E-state index is 13.4. The molecule has 2 saturated heterocycles. The third-order valence-electron chi connectivity index (χ3n) is 8.37. The van der Waals surface area contributed by atoms with Crippen LogP contribution in [0, 0.1) is 18.7 Å². The number of halogens is 1. The van der Waals surface area contributed by atoms with Gasteiger partial charge in [0.15, 0.2) is 0 Å². The number of anilines is 1. The summed E-state index contributed by atoms with van der Waals surface area (Å²) in [4.78, 5) is 16.9. The van der Waals surface area contributed by atoms with Crippen LogP contribution in [-0.2, 0) is 10.2 Å². The van der Waals surface area contributed by atoms with Gasteiger partial charge in [0.1, 0.15) is 5.82 Å². The number of fused-ring (bicyclic) bond motifs is 2. The zero-order chi connectivity index (χ0) is 24.4. The summed E-state index contributed by atoms with van der Waals surface area (Å²) in [5, 5.41) is 14.5. The van der Waals surface area contributed by atoms with Crippen molar-refractivity contribution in [2.75, 3.05) is 44.6 Å². The van der Waals surface area contributed by atoms with Crippen LogP contribution in [0.4, 0.5) is 10.1 Å². The van der Waals surface area contributed by atoms with Crippen molar-refractivity contribution >= 4 is 17.7 Å². The number of piperidine rings is 2. The standard InChI is InChI=1S/C29H36FN3O2/c1-21-18-22(6-8-25(21)30)7-9-28(35)33-14-10-23(11-15-33)27(34)19-32-16-12-29(13-17-32)20-31-26-5-3-2-4-24(26)29/h2-9,18,23,27,31,34H,10-17,19-20H2,1H3. The topological polar surface area (TPSA) is 55.8 Å². The van der Waals surface area contributed by atoms with E-state index in [9.17, 15) is 14.3 Å². The summed E-state index contributed by atoms with van der Waals surface area (Å²) >= 11 is 0. The molecule has 0 aromatic heterocycles. The van der Waals surface area contributed by atoms with Gasteiger partial charge in [-0.3, -0.25) is 4.79 Å². The third kappa shape index (κ3) is 5.14. The van der Waals surface area contributed by atoms with Crippen LogP contribution < -0.4 is 5.32 Å². The molecule has 0 radical (unpaired) electrons. The van der Waals surface area contributed by atoms with Gasteiger partial charge in [-0.25, -0.2) is 4.39 Å². The molecule has 3 aliphatic rings. The fourth-order valence-corrected chi connectivity index (χ4v) is 6.03. The molecule has 35 heavy (non-hydrogen) atoms. The molecule has 186 valence electrons. The van der Waals surface area contributed by atoms with Crippen molar-refractivity contribution in [3.63, 3.8) is 0 Å². The molecule has 5 rings (SSSR count). The van der Waals surface area contributed by atoms with Crippen molar-refractivity contribution < 1.29 is 14.3 Å². The first kappa shape index (κ1) is 24.0. The van der Waals surface area contributed by atoms with E-state index in [2.05, 4.69) is 34.5 Å². The summed E-state index contributed by atoms with van der Waals surface area (Å²) in [6.45, 7) is 6.81. The van der Waals surface area contributed by atoms with E-state index in [1.807, 2.05) is 4.90 Å². The molecule has 0 aliphatic carbocycles. The molecule has 2 aromatic carbocycles. The average molecular weight is 478 g/mol. The van der Waals surface area contributed by atoms with Gasteiger partial charge in [-0.2, -0.15) is 0 Å². The van der Waals surface area contributed by atoms with Gasteiger partial charge in [-0.1, -0.05) is 24.3 Å². The van der Waals surface area contributed by atoms with Crippen LogP contribution in [0.1, 0.15) is 42.4 Å². The van der Waals surface area contributed by atoms with Crippen molar-refractivity contribution in [2.24, 2.45) is 5.92 Å². The highest BCUT2D eigenvalue weighted by atomic mass is 19.1. The Morgan fingerprint density at radius 1 is 1.17 bits per heavy atom.